The fourth-order valence-electron chi connectivity index (χ4n) is 2.86. The lowest BCUT2D eigenvalue weighted by Crippen LogP contribution is -2.30. The third-order valence-electron chi connectivity index (χ3n) is 4.33. The molecule has 0 radical (unpaired) electrons. The molecule has 0 spiro atoms. The lowest BCUT2D eigenvalue weighted by molar-refractivity contribution is -0.384. The highest BCUT2D eigenvalue weighted by molar-refractivity contribution is 6.32. The number of aromatic nitrogens is 1. The Balaban J connectivity index is 1.60. The van der Waals surface area contributed by atoms with Crippen molar-refractivity contribution in [3.05, 3.63) is 62.8 Å². The summed E-state index contributed by atoms with van der Waals surface area (Å²) in [6.07, 6.45) is 5.30. The lowest BCUT2D eigenvalue weighted by atomic mass is 10.1. The van der Waals surface area contributed by atoms with Gasteiger partial charge in [-0.25, -0.2) is 4.98 Å². The molecule has 1 saturated heterocycles. The summed E-state index contributed by atoms with van der Waals surface area (Å²) < 4.78 is 0. The summed E-state index contributed by atoms with van der Waals surface area (Å²) in [5.41, 5.74) is 6.98. The molecule has 0 aliphatic carbocycles. The van der Waals surface area contributed by atoms with Crippen LogP contribution < -0.4 is 10.6 Å². The smallest absolute Gasteiger partial charge is 0.288 e. The number of nitrogens with zero attached hydrogens (tertiary/aromatic N) is 4. The van der Waals surface area contributed by atoms with Crippen LogP contribution in [0.1, 0.15) is 30.4 Å². The predicted octanol–water partition coefficient (Wildman–Crippen LogP) is 3.47. The van der Waals surface area contributed by atoms with Crippen molar-refractivity contribution in [2.45, 2.75) is 25.9 Å². The van der Waals surface area contributed by atoms with Crippen LogP contribution in [0.25, 0.3) is 0 Å². The third-order valence-corrected chi connectivity index (χ3v) is 4.64. The summed E-state index contributed by atoms with van der Waals surface area (Å²) in [6, 6.07) is 8.21. The lowest BCUT2D eigenvalue weighted by Gasteiger charge is -2.27. The van der Waals surface area contributed by atoms with Gasteiger partial charge in [-0.15, -0.1) is 0 Å². The van der Waals surface area contributed by atoms with E-state index in [0.717, 1.165) is 18.9 Å². The second kappa shape index (κ2) is 8.68. The number of nitro benzene ring substituents is 1. The summed E-state index contributed by atoms with van der Waals surface area (Å²) in [5, 5.41) is 14.8. The fraction of sp³-hybridized carbons (Fsp3) is 0.333. The number of hydrogen-bond acceptors (Lipinski definition) is 6. The quantitative estimate of drug-likeness (QED) is 0.351. The molecule has 27 heavy (non-hydrogen) atoms. The first-order valence-corrected chi connectivity index (χ1v) is 9.02. The summed E-state index contributed by atoms with van der Waals surface area (Å²) >= 11 is 5.78. The van der Waals surface area contributed by atoms with Crippen LogP contribution in [0.4, 0.5) is 11.5 Å². The Morgan fingerprint density at radius 2 is 2.07 bits per heavy atom. The highest BCUT2D eigenvalue weighted by Gasteiger charge is 2.14. The zero-order chi connectivity index (χ0) is 19.2. The molecular formula is C18H20ClN5O3. The Hall–Kier alpha value is -2.87. The number of rotatable bonds is 6. The molecule has 2 N–H and O–H groups in total. The molecule has 0 atom stereocenters. The van der Waals surface area contributed by atoms with Gasteiger partial charge in [0.1, 0.15) is 17.4 Å². The molecule has 1 aliphatic heterocycles. The van der Waals surface area contributed by atoms with Crippen molar-refractivity contribution in [3.8, 4) is 0 Å². The Kier molecular flexibility index (Phi) is 6.08. The summed E-state index contributed by atoms with van der Waals surface area (Å²) in [6.45, 7) is 2.08. The van der Waals surface area contributed by atoms with Gasteiger partial charge in [-0.3, -0.25) is 10.1 Å². The minimum atomic E-state index is -0.543. The van der Waals surface area contributed by atoms with Gasteiger partial charge < -0.3 is 15.5 Å². The Morgan fingerprint density at radius 3 is 2.74 bits per heavy atom. The number of halogens is 1. The summed E-state index contributed by atoms with van der Waals surface area (Å²) in [4.78, 5) is 22.3. The number of nitrogens with two attached hydrogens (primary N) is 1. The molecule has 3 rings (SSSR count). The molecule has 1 aliphatic rings. The minimum absolute atomic E-state index is 0.0397. The van der Waals surface area contributed by atoms with Crippen molar-refractivity contribution < 1.29 is 9.76 Å². The maximum atomic E-state index is 10.9. The first-order valence-electron chi connectivity index (χ1n) is 8.64. The normalized spacial score (nSPS) is 14.9. The highest BCUT2D eigenvalue weighted by Crippen LogP contribution is 2.25. The van der Waals surface area contributed by atoms with E-state index in [1.807, 2.05) is 12.1 Å². The van der Waals surface area contributed by atoms with Gasteiger partial charge in [0.05, 0.1) is 4.92 Å². The largest absolute Gasteiger partial charge is 0.389 e. The standard InChI is InChI=1S/C18H20ClN5O3/c19-15-6-4-13(10-16(15)24(25)26)12-27-22-18(20)14-5-7-17(21-11-14)23-8-2-1-3-9-23/h4-7,10-11H,1-3,8-9,12H2,(H2,20,22). The zero-order valence-electron chi connectivity index (χ0n) is 14.7. The van der Waals surface area contributed by atoms with Gasteiger partial charge in [0.2, 0.25) is 0 Å². The number of nitro groups is 1. The SMILES string of the molecule is NC(=NOCc1ccc(Cl)c([N+](=O)[O-])c1)c1ccc(N2CCCCC2)nc1. The molecule has 1 fully saturated rings. The molecule has 0 bridgehead atoms. The number of benzene rings is 1. The van der Waals surface area contributed by atoms with Crippen LogP contribution in [0.5, 0.6) is 0 Å². The molecular weight excluding hydrogens is 370 g/mol. The van der Waals surface area contributed by atoms with Gasteiger partial charge in [0.25, 0.3) is 5.69 Å². The van der Waals surface area contributed by atoms with Crippen molar-refractivity contribution >= 4 is 28.9 Å². The first-order chi connectivity index (χ1) is 13.0. The van der Waals surface area contributed by atoms with Crippen LogP contribution in [0, 0.1) is 10.1 Å². The second-order valence-corrected chi connectivity index (χ2v) is 6.65. The van der Waals surface area contributed by atoms with Crippen LogP contribution in [0.15, 0.2) is 41.7 Å². The number of anilines is 1. The van der Waals surface area contributed by atoms with Gasteiger partial charge in [-0.2, -0.15) is 0 Å². The fourth-order valence-corrected chi connectivity index (χ4v) is 3.05. The van der Waals surface area contributed by atoms with Crippen molar-refractivity contribution in [2.75, 3.05) is 18.0 Å². The molecule has 2 heterocycles. The Morgan fingerprint density at radius 1 is 1.30 bits per heavy atom. The van der Waals surface area contributed by atoms with Crippen LogP contribution in [0.2, 0.25) is 5.02 Å². The van der Waals surface area contributed by atoms with E-state index in [1.54, 1.807) is 12.3 Å². The minimum Gasteiger partial charge on any atom is -0.389 e. The van der Waals surface area contributed by atoms with E-state index in [1.165, 1.54) is 31.4 Å². The molecule has 1 aromatic heterocycles. The number of pyridine rings is 1. The van der Waals surface area contributed by atoms with Gasteiger partial charge in [0, 0.05) is 30.9 Å². The maximum Gasteiger partial charge on any atom is 0.288 e. The van der Waals surface area contributed by atoms with Gasteiger partial charge in [0.15, 0.2) is 5.84 Å². The van der Waals surface area contributed by atoms with E-state index < -0.39 is 4.92 Å². The topological polar surface area (TPSA) is 107 Å². The highest BCUT2D eigenvalue weighted by atomic mass is 35.5. The third kappa shape index (κ3) is 4.85. The molecule has 8 nitrogen and oxygen atoms in total. The zero-order valence-corrected chi connectivity index (χ0v) is 15.4. The molecule has 9 heteroatoms. The molecule has 0 saturated carbocycles. The first kappa shape index (κ1) is 18.9. The monoisotopic (exact) mass is 389 g/mol. The molecule has 2 aromatic rings. The van der Waals surface area contributed by atoms with E-state index in [9.17, 15) is 10.1 Å². The van der Waals surface area contributed by atoms with Crippen LogP contribution in [-0.4, -0.2) is 28.8 Å². The average Bonchev–Trinajstić information content (AvgIpc) is 2.69. The van der Waals surface area contributed by atoms with Gasteiger partial charge in [-0.1, -0.05) is 22.8 Å². The van der Waals surface area contributed by atoms with Gasteiger partial charge in [-0.05, 0) is 43.0 Å². The molecule has 1 aromatic carbocycles. The van der Waals surface area contributed by atoms with E-state index in [4.69, 9.17) is 22.2 Å². The van der Waals surface area contributed by atoms with E-state index in [0.29, 0.717) is 11.1 Å². The Labute approximate surface area is 161 Å². The number of piperidine rings is 1. The van der Waals surface area contributed by atoms with E-state index in [-0.39, 0.29) is 23.2 Å². The molecule has 142 valence electrons. The average molecular weight is 390 g/mol. The molecule has 0 unspecified atom stereocenters. The van der Waals surface area contributed by atoms with Crippen molar-refractivity contribution in [1.29, 1.82) is 0 Å². The number of oxime groups is 1. The van der Waals surface area contributed by atoms with Crippen LogP contribution >= 0.6 is 11.6 Å². The number of hydrogen-bond donors (Lipinski definition) is 1. The van der Waals surface area contributed by atoms with Gasteiger partial charge >= 0.3 is 0 Å². The van der Waals surface area contributed by atoms with Crippen LogP contribution in [-0.2, 0) is 11.4 Å². The van der Waals surface area contributed by atoms with Crippen molar-refractivity contribution in [1.82, 2.24) is 4.98 Å². The Bertz CT molecular complexity index is 835. The van der Waals surface area contributed by atoms with Crippen LogP contribution in [0.3, 0.4) is 0 Å². The number of amidine groups is 1. The van der Waals surface area contributed by atoms with Crippen molar-refractivity contribution in [3.63, 3.8) is 0 Å². The molecule has 0 amide bonds. The van der Waals surface area contributed by atoms with Crippen molar-refractivity contribution in [2.24, 2.45) is 10.9 Å². The maximum absolute atomic E-state index is 10.9. The second-order valence-electron chi connectivity index (χ2n) is 6.25. The summed E-state index contributed by atoms with van der Waals surface area (Å²) in [7, 11) is 0. The van der Waals surface area contributed by atoms with E-state index >= 15 is 0 Å². The van der Waals surface area contributed by atoms with E-state index in [2.05, 4.69) is 15.0 Å². The predicted molar refractivity (Wildman–Crippen MR) is 104 cm³/mol. The summed E-state index contributed by atoms with van der Waals surface area (Å²) in [5.74, 6) is 1.12.